The molecule has 0 aliphatic carbocycles. The molecule has 4 nitrogen and oxygen atoms in total. The van der Waals surface area contributed by atoms with Crippen molar-refractivity contribution in [3.63, 3.8) is 0 Å². The van der Waals surface area contributed by atoms with Gasteiger partial charge in [0.05, 0.1) is 6.10 Å². The maximum atomic E-state index is 8.55. The number of thioether (sulfide) groups is 1. The Labute approximate surface area is 105 Å². The minimum Gasteiger partial charge on any atom is -0.409 e. The lowest BCUT2D eigenvalue weighted by molar-refractivity contribution is 0.129. The third kappa shape index (κ3) is 3.38. The zero-order chi connectivity index (χ0) is 12.1. The molecule has 1 aromatic rings. The summed E-state index contributed by atoms with van der Waals surface area (Å²) in [6.07, 6.45) is 2.73. The van der Waals surface area contributed by atoms with E-state index in [1.165, 1.54) is 11.3 Å². The number of ether oxygens (including phenoxy) is 1. The Hall–Kier alpha value is -1.20. The lowest BCUT2D eigenvalue weighted by atomic mass is 10.2. The van der Waals surface area contributed by atoms with Crippen LogP contribution in [0.1, 0.15) is 18.4 Å². The number of nitrogens with two attached hydrogens (primary N) is 1. The van der Waals surface area contributed by atoms with Crippen LogP contribution >= 0.6 is 11.8 Å². The molecule has 1 fully saturated rings. The molecule has 17 heavy (non-hydrogen) atoms. The zero-order valence-corrected chi connectivity index (χ0v) is 10.3. The topological polar surface area (TPSA) is 67.8 Å². The first kappa shape index (κ1) is 12.3. The van der Waals surface area contributed by atoms with Crippen molar-refractivity contribution in [1.29, 1.82) is 0 Å². The van der Waals surface area contributed by atoms with Crippen molar-refractivity contribution >= 4 is 17.6 Å². The average molecular weight is 252 g/mol. The van der Waals surface area contributed by atoms with Crippen LogP contribution < -0.4 is 5.73 Å². The van der Waals surface area contributed by atoms with E-state index in [-0.39, 0.29) is 5.84 Å². The zero-order valence-electron chi connectivity index (χ0n) is 9.50. The molecule has 1 unspecified atom stereocenters. The monoisotopic (exact) mass is 252 g/mol. The van der Waals surface area contributed by atoms with Gasteiger partial charge in [-0.1, -0.05) is 17.3 Å². The van der Waals surface area contributed by atoms with Crippen molar-refractivity contribution in [2.75, 3.05) is 12.4 Å². The van der Waals surface area contributed by atoms with Gasteiger partial charge in [0.15, 0.2) is 5.84 Å². The van der Waals surface area contributed by atoms with Gasteiger partial charge < -0.3 is 15.7 Å². The molecule has 0 saturated carbocycles. The second kappa shape index (κ2) is 5.93. The van der Waals surface area contributed by atoms with Crippen molar-refractivity contribution in [3.05, 3.63) is 29.8 Å². The van der Waals surface area contributed by atoms with E-state index in [0.29, 0.717) is 6.10 Å². The second-order valence-corrected chi connectivity index (χ2v) is 5.05. The number of amidine groups is 1. The summed E-state index contributed by atoms with van der Waals surface area (Å²) in [7, 11) is 0. The predicted molar refractivity (Wildman–Crippen MR) is 68.7 cm³/mol. The van der Waals surface area contributed by atoms with Gasteiger partial charge in [-0.2, -0.15) is 0 Å². The first-order chi connectivity index (χ1) is 8.29. The third-order valence-corrected chi connectivity index (χ3v) is 3.86. The van der Waals surface area contributed by atoms with Crippen molar-refractivity contribution in [2.24, 2.45) is 10.9 Å². The van der Waals surface area contributed by atoms with E-state index in [0.717, 1.165) is 24.3 Å². The molecule has 1 aliphatic rings. The summed E-state index contributed by atoms with van der Waals surface area (Å²) in [6.45, 7) is 0.896. The molecule has 5 heteroatoms. The van der Waals surface area contributed by atoms with Crippen LogP contribution in [-0.2, 0) is 4.74 Å². The number of oxime groups is 1. The van der Waals surface area contributed by atoms with Crippen LogP contribution in [0.5, 0.6) is 0 Å². The molecule has 0 spiro atoms. The standard InChI is InChI=1S/C12H16N2O2S/c13-12(14-15)9-3-5-11(6-4-9)17-8-10-2-1-7-16-10/h3-6,10,15H,1-2,7-8H2,(H2,13,14). The second-order valence-electron chi connectivity index (χ2n) is 3.96. The van der Waals surface area contributed by atoms with Crippen LogP contribution in [0.15, 0.2) is 34.3 Å². The van der Waals surface area contributed by atoms with E-state index in [1.54, 1.807) is 11.8 Å². The molecule has 1 aliphatic heterocycles. The molecule has 0 amide bonds. The van der Waals surface area contributed by atoms with Crippen LogP contribution in [0.3, 0.4) is 0 Å². The molecule has 0 radical (unpaired) electrons. The summed E-state index contributed by atoms with van der Waals surface area (Å²) in [6, 6.07) is 7.67. The molecule has 0 bridgehead atoms. The normalized spacial score (nSPS) is 20.7. The van der Waals surface area contributed by atoms with Gasteiger partial charge in [0.2, 0.25) is 0 Å². The molecule has 1 heterocycles. The molecule has 2 rings (SSSR count). The molecule has 3 N–H and O–H groups in total. The van der Waals surface area contributed by atoms with Gasteiger partial charge >= 0.3 is 0 Å². The predicted octanol–water partition coefficient (Wildman–Crippen LogP) is 2.05. The van der Waals surface area contributed by atoms with Gasteiger partial charge in [-0.15, -0.1) is 11.8 Å². The minimum absolute atomic E-state index is 0.140. The SMILES string of the molecule is N/C(=N/O)c1ccc(SCC2CCCO2)cc1. The minimum atomic E-state index is 0.140. The van der Waals surface area contributed by atoms with E-state index < -0.39 is 0 Å². The van der Waals surface area contributed by atoms with Gasteiger partial charge in [0, 0.05) is 22.8 Å². The first-order valence-electron chi connectivity index (χ1n) is 5.62. The van der Waals surface area contributed by atoms with Gasteiger partial charge in [-0.05, 0) is 25.0 Å². The first-order valence-corrected chi connectivity index (χ1v) is 6.60. The van der Waals surface area contributed by atoms with Crippen molar-refractivity contribution in [3.8, 4) is 0 Å². The number of rotatable bonds is 4. The van der Waals surface area contributed by atoms with E-state index in [1.807, 2.05) is 24.3 Å². The highest BCUT2D eigenvalue weighted by atomic mass is 32.2. The molecular weight excluding hydrogens is 236 g/mol. The Bertz CT molecular complexity index is 386. The van der Waals surface area contributed by atoms with E-state index >= 15 is 0 Å². The van der Waals surface area contributed by atoms with Gasteiger partial charge in [0.25, 0.3) is 0 Å². The van der Waals surface area contributed by atoms with E-state index in [2.05, 4.69) is 5.16 Å². The van der Waals surface area contributed by atoms with Crippen LogP contribution in [0.2, 0.25) is 0 Å². The summed E-state index contributed by atoms with van der Waals surface area (Å²) in [5.41, 5.74) is 6.22. The highest BCUT2D eigenvalue weighted by Crippen LogP contribution is 2.23. The fourth-order valence-corrected chi connectivity index (χ4v) is 2.71. The molecule has 1 atom stereocenters. The van der Waals surface area contributed by atoms with Crippen LogP contribution in [0, 0.1) is 0 Å². The van der Waals surface area contributed by atoms with Gasteiger partial charge in [-0.25, -0.2) is 0 Å². The maximum Gasteiger partial charge on any atom is 0.170 e. The van der Waals surface area contributed by atoms with E-state index in [4.69, 9.17) is 15.7 Å². The smallest absolute Gasteiger partial charge is 0.170 e. The molecule has 0 aromatic heterocycles. The lowest BCUT2D eigenvalue weighted by Gasteiger charge is -2.08. The Morgan fingerprint density at radius 3 is 2.82 bits per heavy atom. The lowest BCUT2D eigenvalue weighted by Crippen LogP contribution is -2.12. The number of hydrogen-bond acceptors (Lipinski definition) is 4. The van der Waals surface area contributed by atoms with Crippen LogP contribution in [0.4, 0.5) is 0 Å². The number of benzene rings is 1. The summed E-state index contributed by atoms with van der Waals surface area (Å²) in [5.74, 6) is 1.13. The molecule has 1 saturated heterocycles. The summed E-state index contributed by atoms with van der Waals surface area (Å²) >= 11 is 1.78. The Kier molecular flexibility index (Phi) is 4.28. The molecular formula is C12H16N2O2S. The summed E-state index contributed by atoms with van der Waals surface area (Å²) < 4.78 is 5.56. The van der Waals surface area contributed by atoms with Crippen LogP contribution in [0.25, 0.3) is 0 Å². The van der Waals surface area contributed by atoms with E-state index in [9.17, 15) is 0 Å². The molecule has 1 aromatic carbocycles. The average Bonchev–Trinajstić information content (AvgIpc) is 2.89. The van der Waals surface area contributed by atoms with Crippen molar-refractivity contribution in [1.82, 2.24) is 0 Å². The Morgan fingerprint density at radius 2 is 2.24 bits per heavy atom. The van der Waals surface area contributed by atoms with Gasteiger partial charge in [-0.3, -0.25) is 0 Å². The van der Waals surface area contributed by atoms with Crippen molar-refractivity contribution < 1.29 is 9.94 Å². The summed E-state index contributed by atoms with van der Waals surface area (Å²) in [5, 5.41) is 11.5. The Balaban J connectivity index is 1.89. The van der Waals surface area contributed by atoms with Gasteiger partial charge in [0.1, 0.15) is 0 Å². The Morgan fingerprint density at radius 1 is 1.47 bits per heavy atom. The largest absolute Gasteiger partial charge is 0.409 e. The third-order valence-electron chi connectivity index (χ3n) is 2.72. The van der Waals surface area contributed by atoms with Crippen molar-refractivity contribution in [2.45, 2.75) is 23.8 Å². The summed E-state index contributed by atoms with van der Waals surface area (Å²) in [4.78, 5) is 1.18. The molecule has 92 valence electrons. The quantitative estimate of drug-likeness (QED) is 0.283. The number of nitrogens with zero attached hydrogens (tertiary/aromatic N) is 1. The fourth-order valence-electron chi connectivity index (χ4n) is 1.74. The highest BCUT2D eigenvalue weighted by Gasteiger charge is 2.15. The fraction of sp³-hybridized carbons (Fsp3) is 0.417. The highest BCUT2D eigenvalue weighted by molar-refractivity contribution is 7.99. The van der Waals surface area contributed by atoms with Crippen LogP contribution in [-0.4, -0.2) is 29.5 Å². The number of hydrogen-bond donors (Lipinski definition) is 2. The maximum absolute atomic E-state index is 8.55.